The van der Waals surface area contributed by atoms with Crippen molar-refractivity contribution in [1.29, 1.82) is 0 Å². The summed E-state index contributed by atoms with van der Waals surface area (Å²) in [4.78, 5) is 74.8. The lowest BCUT2D eigenvalue weighted by molar-refractivity contribution is -0.160. The third-order valence-corrected chi connectivity index (χ3v) is 9.13. The second kappa shape index (κ2) is 15.3. The molecule has 2 N–H and O–H groups in total. The Morgan fingerprint density at radius 3 is 2.35 bits per heavy atom. The van der Waals surface area contributed by atoms with Crippen molar-refractivity contribution < 1.29 is 38.3 Å². The van der Waals surface area contributed by atoms with Crippen LogP contribution < -0.4 is 10.6 Å². The highest BCUT2D eigenvalue weighted by Gasteiger charge is 2.54. The molecule has 49 heavy (non-hydrogen) atoms. The van der Waals surface area contributed by atoms with Crippen molar-refractivity contribution in [1.82, 2.24) is 15.2 Å². The highest BCUT2D eigenvalue weighted by atomic mass is 32.2. The fourth-order valence-electron chi connectivity index (χ4n) is 4.97. The number of ether oxygens (including phenoxy) is 2. The fourth-order valence-corrected chi connectivity index (χ4v) is 6.96. The van der Waals surface area contributed by atoms with E-state index in [1.54, 1.807) is 20.8 Å². The highest BCUT2D eigenvalue weighted by molar-refractivity contribution is 8.00. The molecule has 5 rings (SSSR count). The number of aromatic nitrogens is 1. The molecule has 3 heterocycles. The summed E-state index contributed by atoms with van der Waals surface area (Å²) in [5, 5.41) is 9.88. The molecule has 0 unspecified atom stereocenters. The fraction of sp³-hybridized carbons (Fsp3) is 0.265. The summed E-state index contributed by atoms with van der Waals surface area (Å²) in [7, 11) is 0. The van der Waals surface area contributed by atoms with Crippen LogP contribution in [-0.2, 0) is 38.3 Å². The maximum atomic E-state index is 13.9. The van der Waals surface area contributed by atoms with E-state index in [0.717, 1.165) is 22.5 Å². The number of amides is 3. The van der Waals surface area contributed by atoms with Crippen LogP contribution in [0.2, 0.25) is 0 Å². The zero-order valence-corrected chi connectivity index (χ0v) is 28.4. The van der Waals surface area contributed by atoms with Crippen molar-refractivity contribution in [2.75, 3.05) is 17.7 Å². The Kier molecular flexibility index (Phi) is 10.9. The van der Waals surface area contributed by atoms with Gasteiger partial charge in [0.05, 0.1) is 0 Å². The van der Waals surface area contributed by atoms with Gasteiger partial charge in [0.2, 0.25) is 13.0 Å². The van der Waals surface area contributed by atoms with Gasteiger partial charge in [0, 0.05) is 11.1 Å². The topological polar surface area (TPSA) is 166 Å². The number of thiazole rings is 1. The molecule has 0 aliphatic carbocycles. The summed E-state index contributed by atoms with van der Waals surface area (Å²) in [6.07, 6.45) is 1.19. The number of carbonyl (C=O) groups is 5. The maximum Gasteiger partial charge on any atom is 0.356 e. The van der Waals surface area contributed by atoms with Crippen LogP contribution in [-0.4, -0.2) is 75.1 Å². The van der Waals surface area contributed by atoms with Gasteiger partial charge in [-0.15, -0.1) is 23.1 Å². The molecular formula is C34H33N5O8S2. The summed E-state index contributed by atoms with van der Waals surface area (Å²) in [5.41, 5.74) is 0.975. The number of fused-ring (bicyclic) bond motifs is 1. The normalized spacial score (nSPS) is 17.4. The number of allylic oxidation sites excluding steroid dienone is 1. The van der Waals surface area contributed by atoms with Crippen LogP contribution in [0.15, 0.2) is 95.1 Å². The monoisotopic (exact) mass is 703 g/mol. The van der Waals surface area contributed by atoms with Crippen LogP contribution in [0.3, 0.4) is 0 Å². The quantitative estimate of drug-likeness (QED) is 0.0876. The van der Waals surface area contributed by atoms with E-state index in [2.05, 4.69) is 27.4 Å². The van der Waals surface area contributed by atoms with Crippen molar-refractivity contribution in [3.8, 4) is 0 Å². The number of hydrogen-bond acceptors (Lipinski definition) is 12. The van der Waals surface area contributed by atoms with Gasteiger partial charge in [0.25, 0.3) is 11.8 Å². The van der Waals surface area contributed by atoms with Gasteiger partial charge < -0.3 is 24.9 Å². The zero-order chi connectivity index (χ0) is 35.1. The van der Waals surface area contributed by atoms with Crippen molar-refractivity contribution in [2.24, 2.45) is 5.16 Å². The lowest BCUT2D eigenvalue weighted by Gasteiger charge is -2.49. The van der Waals surface area contributed by atoms with Gasteiger partial charge in [-0.05, 0) is 37.5 Å². The number of thioether (sulfide) groups is 1. The first-order valence-corrected chi connectivity index (χ1v) is 16.9. The molecule has 15 heteroatoms. The maximum absolute atomic E-state index is 13.9. The molecule has 13 nitrogen and oxygen atoms in total. The number of anilines is 1. The third-order valence-electron chi connectivity index (χ3n) is 7.06. The Balaban J connectivity index is 1.35. The van der Waals surface area contributed by atoms with Gasteiger partial charge >= 0.3 is 11.9 Å². The zero-order valence-electron chi connectivity index (χ0n) is 26.8. The van der Waals surface area contributed by atoms with E-state index in [9.17, 15) is 24.0 Å². The van der Waals surface area contributed by atoms with Gasteiger partial charge in [-0.1, -0.05) is 78.5 Å². The molecule has 1 aromatic heterocycles. The summed E-state index contributed by atoms with van der Waals surface area (Å²) in [5.74, 6) is -2.49. The Bertz CT molecular complexity index is 1760. The van der Waals surface area contributed by atoms with E-state index in [1.165, 1.54) is 28.1 Å². The molecule has 3 aromatic rings. The van der Waals surface area contributed by atoms with Gasteiger partial charge in [0.15, 0.2) is 16.9 Å². The molecular weight excluding hydrogens is 671 g/mol. The minimum atomic E-state index is -1.05. The molecule has 1 fully saturated rings. The largest absolute Gasteiger partial charge is 0.457 e. The van der Waals surface area contributed by atoms with E-state index in [-0.39, 0.29) is 22.2 Å². The summed E-state index contributed by atoms with van der Waals surface area (Å²) in [6, 6.07) is 17.5. The number of rotatable bonds is 13. The van der Waals surface area contributed by atoms with E-state index in [1.807, 2.05) is 60.7 Å². The van der Waals surface area contributed by atoms with Gasteiger partial charge in [-0.3, -0.25) is 19.3 Å². The highest BCUT2D eigenvalue weighted by Crippen LogP contribution is 2.42. The minimum Gasteiger partial charge on any atom is -0.457 e. The number of benzene rings is 2. The summed E-state index contributed by atoms with van der Waals surface area (Å²) >= 11 is 2.36. The first-order valence-electron chi connectivity index (χ1n) is 15.0. The number of esters is 2. The number of oxime groups is 1. The van der Waals surface area contributed by atoms with Gasteiger partial charge in [-0.25, -0.2) is 14.6 Å². The standard InChI is InChI=1S/C34H33N5O8S2/c1-5-20-17-48-31-26(37-29(42)25(23-18-49-33(36-23)35-19-40)38-45-16-24(41)47-34(2,3)4)30(43)39(31)27(20)32(44)46-28(21-12-8-6-9-13-21)22-14-10-7-11-15-22/h5-15,18-19,26,28,31H,1,16-17H2,2-4H3,(H,37,42)(H,35,36,40)/b38-25-/t26-,31-/m1/s1. The molecule has 2 aromatic carbocycles. The molecule has 0 radical (unpaired) electrons. The average Bonchev–Trinajstić information content (AvgIpc) is 3.55. The Labute approximate surface area is 290 Å². The number of nitrogens with zero attached hydrogens (tertiary/aromatic N) is 3. The first-order chi connectivity index (χ1) is 23.5. The predicted octanol–water partition coefficient (Wildman–Crippen LogP) is 3.95. The lowest BCUT2D eigenvalue weighted by Crippen LogP contribution is -2.71. The summed E-state index contributed by atoms with van der Waals surface area (Å²) < 4.78 is 11.3. The number of carbonyl (C=O) groups excluding carboxylic acids is 5. The van der Waals surface area contributed by atoms with Crippen LogP contribution in [0.25, 0.3) is 0 Å². The molecule has 1 saturated heterocycles. The van der Waals surface area contributed by atoms with Crippen molar-refractivity contribution >= 4 is 64.1 Å². The van der Waals surface area contributed by atoms with Crippen molar-refractivity contribution in [2.45, 2.75) is 43.9 Å². The van der Waals surface area contributed by atoms with Gasteiger partial charge in [-0.2, -0.15) is 0 Å². The smallest absolute Gasteiger partial charge is 0.356 e. The molecule has 2 aliphatic rings. The van der Waals surface area contributed by atoms with Crippen LogP contribution in [0, 0.1) is 0 Å². The van der Waals surface area contributed by atoms with Crippen LogP contribution in [0.1, 0.15) is 43.7 Å². The van der Waals surface area contributed by atoms with E-state index >= 15 is 0 Å². The van der Waals surface area contributed by atoms with Crippen molar-refractivity contribution in [3.63, 3.8) is 0 Å². The molecule has 3 amide bonds. The van der Waals surface area contributed by atoms with Crippen LogP contribution in [0.4, 0.5) is 5.13 Å². The lowest BCUT2D eigenvalue weighted by atomic mass is 10.0. The Hall–Kier alpha value is -5.28. The molecule has 2 atom stereocenters. The molecule has 0 bridgehead atoms. The second-order valence-electron chi connectivity index (χ2n) is 11.6. The number of β-lactam (4-membered cyclic amide) rings is 1. The Morgan fingerprint density at radius 1 is 1.10 bits per heavy atom. The molecule has 0 saturated carbocycles. The van der Waals surface area contributed by atoms with Gasteiger partial charge in [0.1, 0.15) is 28.4 Å². The predicted molar refractivity (Wildman–Crippen MR) is 183 cm³/mol. The SMILES string of the molecule is C=CC1=C(C(=O)OC(c2ccccc2)c2ccccc2)N2C(=O)[C@@H](NC(=O)/C(=N\OCC(=O)OC(C)(C)C)c3csc(NC=O)n3)[C@H]2SC1. The second-order valence-corrected chi connectivity index (χ2v) is 13.6. The van der Waals surface area contributed by atoms with E-state index in [0.29, 0.717) is 17.7 Å². The summed E-state index contributed by atoms with van der Waals surface area (Å²) in [6.45, 7) is 8.31. The van der Waals surface area contributed by atoms with E-state index < -0.39 is 53.5 Å². The van der Waals surface area contributed by atoms with Crippen molar-refractivity contribution in [3.05, 3.63) is 107 Å². The molecule has 2 aliphatic heterocycles. The molecule has 254 valence electrons. The minimum absolute atomic E-state index is 0.0296. The third kappa shape index (κ3) is 8.24. The number of nitrogens with one attached hydrogen (secondary N) is 2. The van der Waals surface area contributed by atoms with Crippen LogP contribution in [0.5, 0.6) is 0 Å². The van der Waals surface area contributed by atoms with Crippen LogP contribution >= 0.6 is 23.1 Å². The Morgan fingerprint density at radius 2 is 1.76 bits per heavy atom. The number of hydrogen-bond donors (Lipinski definition) is 2. The van der Waals surface area contributed by atoms with E-state index in [4.69, 9.17) is 14.3 Å². The molecule has 0 spiro atoms. The average molecular weight is 704 g/mol. The first kappa shape index (κ1) is 35.0.